The van der Waals surface area contributed by atoms with E-state index in [9.17, 15) is 4.79 Å². The van der Waals surface area contributed by atoms with Gasteiger partial charge in [0, 0.05) is 18.8 Å². The fourth-order valence-electron chi connectivity index (χ4n) is 0.966. The number of nitrogens with zero attached hydrogens (tertiary/aromatic N) is 1. The molecule has 5 nitrogen and oxygen atoms in total. The molecule has 1 rings (SSSR count). The lowest BCUT2D eigenvalue weighted by Crippen LogP contribution is -2.38. The molecule has 0 aliphatic heterocycles. The highest BCUT2D eigenvalue weighted by Gasteiger charge is 2.15. The molecule has 3 N–H and O–H groups in total. The maximum atomic E-state index is 11.5. The average molecular weight is 197 g/mol. The Morgan fingerprint density at radius 3 is 2.93 bits per heavy atom. The predicted octanol–water partition coefficient (Wildman–Crippen LogP) is 0.156. The fraction of sp³-hybridized carbons (Fsp3) is 0.556. The Bertz CT molecular complexity index is 284. The molecule has 0 aromatic carbocycles. The van der Waals surface area contributed by atoms with Crippen molar-refractivity contribution < 1.29 is 9.90 Å². The van der Waals surface area contributed by atoms with E-state index in [1.807, 2.05) is 13.8 Å². The van der Waals surface area contributed by atoms with Gasteiger partial charge in [0.1, 0.15) is 0 Å². The third-order valence-corrected chi connectivity index (χ3v) is 2.26. The molecule has 1 heterocycles. The van der Waals surface area contributed by atoms with Crippen LogP contribution in [0.1, 0.15) is 24.2 Å². The zero-order valence-corrected chi connectivity index (χ0v) is 8.32. The molecular formula is C9H15N3O2. The number of aliphatic hydroxyl groups excluding tert-OH is 1. The second-order valence-corrected chi connectivity index (χ2v) is 3.41. The highest BCUT2D eigenvalue weighted by Crippen LogP contribution is 2.02. The zero-order valence-electron chi connectivity index (χ0n) is 8.32. The van der Waals surface area contributed by atoms with Gasteiger partial charge in [-0.3, -0.25) is 9.89 Å². The van der Waals surface area contributed by atoms with Crippen molar-refractivity contribution in [3.8, 4) is 0 Å². The van der Waals surface area contributed by atoms with Gasteiger partial charge in [-0.05, 0) is 12.8 Å². The summed E-state index contributed by atoms with van der Waals surface area (Å²) in [6.45, 7) is 3.80. The molecule has 0 aliphatic carbocycles. The molecule has 1 aromatic rings. The molecule has 0 aliphatic rings. The number of carbonyl (C=O) groups excluding carboxylic acids is 1. The Morgan fingerprint density at radius 2 is 2.43 bits per heavy atom. The van der Waals surface area contributed by atoms with Gasteiger partial charge in [-0.1, -0.05) is 6.92 Å². The topological polar surface area (TPSA) is 78.0 Å². The fourth-order valence-corrected chi connectivity index (χ4v) is 0.966. The number of hydrogen-bond acceptors (Lipinski definition) is 3. The zero-order chi connectivity index (χ0) is 10.6. The Labute approximate surface area is 82.5 Å². The summed E-state index contributed by atoms with van der Waals surface area (Å²) in [5.41, 5.74) is 0.502. The van der Waals surface area contributed by atoms with Gasteiger partial charge >= 0.3 is 0 Å². The molecule has 0 fully saturated rings. The van der Waals surface area contributed by atoms with Crippen molar-refractivity contribution >= 4 is 5.91 Å². The molecule has 2 atom stereocenters. The predicted molar refractivity (Wildman–Crippen MR) is 51.8 cm³/mol. The molecule has 0 saturated carbocycles. The van der Waals surface area contributed by atoms with Crippen molar-refractivity contribution in [3.63, 3.8) is 0 Å². The van der Waals surface area contributed by atoms with Gasteiger partial charge in [0.15, 0.2) is 0 Å². The Morgan fingerprint density at radius 1 is 1.71 bits per heavy atom. The summed E-state index contributed by atoms with van der Waals surface area (Å²) in [5.74, 6) is -0.127. The van der Waals surface area contributed by atoms with Gasteiger partial charge in [0.05, 0.1) is 11.8 Å². The second-order valence-electron chi connectivity index (χ2n) is 3.41. The van der Waals surface area contributed by atoms with E-state index < -0.39 is 0 Å². The lowest BCUT2D eigenvalue weighted by Gasteiger charge is -2.18. The largest absolute Gasteiger partial charge is 0.396 e. The molecule has 1 amide bonds. The second kappa shape index (κ2) is 4.76. The number of carbonyl (C=O) groups is 1. The maximum Gasteiger partial charge on any atom is 0.254 e. The van der Waals surface area contributed by atoms with E-state index in [1.54, 1.807) is 0 Å². The molecule has 0 spiro atoms. The molecule has 0 bridgehead atoms. The summed E-state index contributed by atoms with van der Waals surface area (Å²) in [5, 5.41) is 17.9. The third kappa shape index (κ3) is 2.56. The van der Waals surface area contributed by atoms with Gasteiger partial charge < -0.3 is 10.4 Å². The van der Waals surface area contributed by atoms with Gasteiger partial charge in [0.2, 0.25) is 0 Å². The minimum absolute atomic E-state index is 0.0471. The van der Waals surface area contributed by atoms with Crippen LogP contribution >= 0.6 is 0 Å². The van der Waals surface area contributed by atoms with Gasteiger partial charge in [0.25, 0.3) is 5.91 Å². The summed E-state index contributed by atoms with van der Waals surface area (Å²) < 4.78 is 0. The molecule has 14 heavy (non-hydrogen) atoms. The molecule has 5 heteroatoms. The van der Waals surface area contributed by atoms with Crippen molar-refractivity contribution in [1.82, 2.24) is 15.5 Å². The summed E-state index contributed by atoms with van der Waals surface area (Å²) >= 11 is 0. The first-order chi connectivity index (χ1) is 6.65. The summed E-state index contributed by atoms with van der Waals surface area (Å²) in [6, 6.07) is -0.0533. The highest BCUT2D eigenvalue weighted by atomic mass is 16.3. The Hall–Kier alpha value is -1.36. The molecule has 1 aromatic heterocycles. The van der Waals surface area contributed by atoms with Gasteiger partial charge in [-0.15, -0.1) is 0 Å². The normalized spacial score (nSPS) is 14.8. The van der Waals surface area contributed by atoms with Crippen LogP contribution in [0.5, 0.6) is 0 Å². The summed E-state index contributed by atoms with van der Waals surface area (Å²) in [7, 11) is 0. The van der Waals surface area contributed by atoms with Crippen molar-refractivity contribution in [2.45, 2.75) is 19.9 Å². The minimum atomic E-state index is -0.174. The lowest BCUT2D eigenvalue weighted by atomic mass is 10.1. The van der Waals surface area contributed by atoms with E-state index in [2.05, 4.69) is 15.5 Å². The number of nitrogens with one attached hydrogen (secondary N) is 2. The van der Waals surface area contributed by atoms with E-state index in [4.69, 9.17) is 5.11 Å². The number of aromatic amines is 1. The number of aliphatic hydroxyl groups is 1. The van der Waals surface area contributed by atoms with Crippen LogP contribution in [0, 0.1) is 5.92 Å². The van der Waals surface area contributed by atoms with E-state index in [1.165, 1.54) is 12.4 Å². The minimum Gasteiger partial charge on any atom is -0.396 e. The van der Waals surface area contributed by atoms with Crippen LogP contribution in [0.2, 0.25) is 0 Å². The van der Waals surface area contributed by atoms with Crippen LogP contribution in [0.25, 0.3) is 0 Å². The summed E-state index contributed by atoms with van der Waals surface area (Å²) in [6.07, 6.45) is 3.00. The molecule has 0 radical (unpaired) electrons. The Balaban J connectivity index is 2.49. The average Bonchev–Trinajstić information content (AvgIpc) is 2.69. The Kier molecular flexibility index (Phi) is 3.64. The van der Waals surface area contributed by atoms with E-state index in [-0.39, 0.29) is 24.5 Å². The molecule has 78 valence electrons. The number of hydrogen-bond donors (Lipinski definition) is 3. The van der Waals surface area contributed by atoms with E-state index in [0.29, 0.717) is 5.56 Å². The quantitative estimate of drug-likeness (QED) is 0.643. The number of amides is 1. The van der Waals surface area contributed by atoms with E-state index >= 15 is 0 Å². The first-order valence-corrected chi connectivity index (χ1v) is 4.55. The first kappa shape index (κ1) is 10.7. The van der Waals surface area contributed by atoms with Crippen molar-refractivity contribution in [2.75, 3.05) is 6.61 Å². The SMILES string of the molecule is CC(CO)C(C)NC(=O)c1cn[nH]c1. The maximum absolute atomic E-state index is 11.5. The lowest BCUT2D eigenvalue weighted by molar-refractivity contribution is 0.0916. The van der Waals surface area contributed by atoms with Crippen LogP contribution in [0.15, 0.2) is 12.4 Å². The number of aromatic nitrogens is 2. The molecule has 2 unspecified atom stereocenters. The number of H-pyrrole nitrogens is 1. The van der Waals surface area contributed by atoms with Crippen molar-refractivity contribution in [2.24, 2.45) is 5.92 Å². The standard InChI is InChI=1S/C9H15N3O2/c1-6(5-13)7(2)12-9(14)8-3-10-11-4-8/h3-4,6-7,13H,5H2,1-2H3,(H,10,11)(H,12,14). The molecule has 0 saturated heterocycles. The smallest absolute Gasteiger partial charge is 0.254 e. The van der Waals surface area contributed by atoms with Gasteiger partial charge in [-0.2, -0.15) is 5.10 Å². The van der Waals surface area contributed by atoms with Crippen molar-refractivity contribution in [3.05, 3.63) is 18.0 Å². The number of rotatable bonds is 4. The van der Waals surface area contributed by atoms with Crippen molar-refractivity contribution in [1.29, 1.82) is 0 Å². The van der Waals surface area contributed by atoms with Crippen LogP contribution in [0.4, 0.5) is 0 Å². The first-order valence-electron chi connectivity index (χ1n) is 4.55. The van der Waals surface area contributed by atoms with Crippen LogP contribution < -0.4 is 5.32 Å². The van der Waals surface area contributed by atoms with Crippen LogP contribution in [-0.2, 0) is 0 Å². The summed E-state index contributed by atoms with van der Waals surface area (Å²) in [4.78, 5) is 11.5. The van der Waals surface area contributed by atoms with Crippen LogP contribution in [-0.4, -0.2) is 33.9 Å². The van der Waals surface area contributed by atoms with E-state index in [0.717, 1.165) is 0 Å². The monoisotopic (exact) mass is 197 g/mol. The van der Waals surface area contributed by atoms with Gasteiger partial charge in [-0.25, -0.2) is 0 Å². The van der Waals surface area contributed by atoms with Crippen LogP contribution in [0.3, 0.4) is 0 Å². The molecular weight excluding hydrogens is 182 g/mol. The highest BCUT2D eigenvalue weighted by molar-refractivity contribution is 5.93. The third-order valence-electron chi connectivity index (χ3n) is 2.26.